The zero-order valence-electron chi connectivity index (χ0n) is 13.6. The van der Waals surface area contributed by atoms with Crippen LogP contribution in [0.15, 0.2) is 48.5 Å². The van der Waals surface area contributed by atoms with Crippen LogP contribution in [0.5, 0.6) is 0 Å². The van der Waals surface area contributed by atoms with Crippen LogP contribution in [0.3, 0.4) is 0 Å². The Balaban J connectivity index is 1.98. The van der Waals surface area contributed by atoms with E-state index in [0.717, 1.165) is 19.3 Å². The van der Waals surface area contributed by atoms with E-state index >= 15 is 0 Å². The van der Waals surface area contributed by atoms with Crippen LogP contribution in [0.2, 0.25) is 5.02 Å². The van der Waals surface area contributed by atoms with Crippen LogP contribution < -0.4 is 10.6 Å². The molecule has 0 heterocycles. The van der Waals surface area contributed by atoms with Crippen molar-refractivity contribution in [1.82, 2.24) is 0 Å². The number of carbonyl (C=O) groups excluding carboxylic acids is 2. The van der Waals surface area contributed by atoms with Gasteiger partial charge in [0.25, 0.3) is 5.91 Å². The van der Waals surface area contributed by atoms with Crippen molar-refractivity contribution in [2.24, 2.45) is 0 Å². The molecule has 0 aliphatic carbocycles. The fraction of sp³-hybridized carbons (Fsp3) is 0.263. The Morgan fingerprint density at radius 1 is 0.958 bits per heavy atom. The third-order valence-electron chi connectivity index (χ3n) is 3.50. The maximum Gasteiger partial charge on any atom is 0.255 e. The molecule has 0 aliphatic rings. The Labute approximate surface area is 147 Å². The van der Waals surface area contributed by atoms with Crippen molar-refractivity contribution in [2.45, 2.75) is 32.6 Å². The molecule has 0 saturated heterocycles. The Morgan fingerprint density at radius 3 is 2.38 bits per heavy atom. The Morgan fingerprint density at radius 2 is 1.67 bits per heavy atom. The number of benzene rings is 2. The molecule has 126 valence electrons. The van der Waals surface area contributed by atoms with E-state index in [1.165, 1.54) is 0 Å². The van der Waals surface area contributed by atoms with Crippen molar-refractivity contribution in [2.75, 3.05) is 10.6 Å². The molecule has 2 aromatic rings. The summed E-state index contributed by atoms with van der Waals surface area (Å²) in [5.41, 5.74) is 1.72. The highest BCUT2D eigenvalue weighted by atomic mass is 35.5. The zero-order valence-corrected chi connectivity index (χ0v) is 14.4. The third-order valence-corrected chi connectivity index (χ3v) is 3.73. The van der Waals surface area contributed by atoms with Gasteiger partial charge in [0.05, 0.1) is 0 Å². The Hall–Kier alpha value is -2.33. The van der Waals surface area contributed by atoms with Crippen molar-refractivity contribution in [1.29, 1.82) is 0 Å². The van der Waals surface area contributed by atoms with Crippen molar-refractivity contribution in [3.63, 3.8) is 0 Å². The molecular weight excluding hydrogens is 324 g/mol. The molecule has 5 heteroatoms. The monoisotopic (exact) mass is 344 g/mol. The van der Waals surface area contributed by atoms with Crippen LogP contribution in [0.25, 0.3) is 0 Å². The van der Waals surface area contributed by atoms with Crippen molar-refractivity contribution in [3.05, 3.63) is 59.1 Å². The predicted octanol–water partition coefficient (Wildman–Crippen LogP) is 5.11. The van der Waals surface area contributed by atoms with E-state index in [9.17, 15) is 9.59 Å². The first-order valence-electron chi connectivity index (χ1n) is 8.05. The van der Waals surface area contributed by atoms with Gasteiger partial charge in [-0.05, 0) is 42.8 Å². The van der Waals surface area contributed by atoms with Gasteiger partial charge in [0.1, 0.15) is 0 Å². The Kier molecular flexibility index (Phi) is 6.82. The minimum absolute atomic E-state index is 0.0316. The number of hydrogen-bond acceptors (Lipinski definition) is 2. The van der Waals surface area contributed by atoms with Gasteiger partial charge in [-0.1, -0.05) is 43.5 Å². The smallest absolute Gasteiger partial charge is 0.255 e. The van der Waals surface area contributed by atoms with Gasteiger partial charge in [0, 0.05) is 28.4 Å². The molecule has 0 fully saturated rings. The number of hydrogen-bond donors (Lipinski definition) is 2. The molecule has 0 saturated carbocycles. The molecule has 2 aromatic carbocycles. The molecule has 24 heavy (non-hydrogen) atoms. The van der Waals surface area contributed by atoms with Gasteiger partial charge in [-0.15, -0.1) is 0 Å². The second-order valence-electron chi connectivity index (χ2n) is 5.55. The number of carbonyl (C=O) groups is 2. The van der Waals surface area contributed by atoms with Gasteiger partial charge in [-0.2, -0.15) is 0 Å². The van der Waals surface area contributed by atoms with E-state index in [-0.39, 0.29) is 11.8 Å². The standard InChI is InChI=1S/C19H21ClN2O2/c1-2-3-4-11-18(23)21-16-9-5-7-14(12-16)19(24)22-17-10-6-8-15(20)13-17/h5-10,12-13H,2-4,11H2,1H3,(H,21,23)(H,22,24). The quantitative estimate of drug-likeness (QED) is 0.685. The summed E-state index contributed by atoms with van der Waals surface area (Å²) in [7, 11) is 0. The normalized spacial score (nSPS) is 10.2. The highest BCUT2D eigenvalue weighted by molar-refractivity contribution is 6.31. The lowest BCUT2D eigenvalue weighted by molar-refractivity contribution is -0.116. The van der Waals surface area contributed by atoms with Gasteiger partial charge in [0.2, 0.25) is 5.91 Å². The number of amides is 2. The summed E-state index contributed by atoms with van der Waals surface area (Å²) in [6, 6.07) is 13.8. The minimum Gasteiger partial charge on any atom is -0.326 e. The van der Waals surface area contributed by atoms with Crippen LogP contribution in [0.1, 0.15) is 43.0 Å². The van der Waals surface area contributed by atoms with E-state index in [1.54, 1.807) is 48.5 Å². The second-order valence-corrected chi connectivity index (χ2v) is 5.99. The highest BCUT2D eigenvalue weighted by Gasteiger charge is 2.08. The number of unbranched alkanes of at least 4 members (excludes halogenated alkanes) is 2. The largest absolute Gasteiger partial charge is 0.326 e. The van der Waals surface area contributed by atoms with E-state index < -0.39 is 0 Å². The third kappa shape index (κ3) is 5.70. The molecule has 0 radical (unpaired) electrons. The summed E-state index contributed by atoms with van der Waals surface area (Å²) < 4.78 is 0. The van der Waals surface area contributed by atoms with E-state index in [0.29, 0.717) is 28.4 Å². The number of halogens is 1. The molecule has 2 amide bonds. The summed E-state index contributed by atoms with van der Waals surface area (Å²) in [5, 5.41) is 6.17. The molecule has 0 atom stereocenters. The number of anilines is 2. The summed E-state index contributed by atoms with van der Waals surface area (Å²) in [6.07, 6.45) is 3.48. The van der Waals surface area contributed by atoms with Crippen LogP contribution in [0.4, 0.5) is 11.4 Å². The van der Waals surface area contributed by atoms with Crippen LogP contribution >= 0.6 is 11.6 Å². The average molecular weight is 345 g/mol. The SMILES string of the molecule is CCCCCC(=O)Nc1cccc(C(=O)Nc2cccc(Cl)c2)c1. The first-order valence-corrected chi connectivity index (χ1v) is 8.43. The zero-order chi connectivity index (χ0) is 17.4. The minimum atomic E-state index is -0.251. The molecule has 0 aliphatic heterocycles. The molecule has 2 rings (SSSR count). The molecule has 0 unspecified atom stereocenters. The summed E-state index contributed by atoms with van der Waals surface area (Å²) in [6.45, 7) is 2.10. The van der Waals surface area contributed by atoms with E-state index in [2.05, 4.69) is 17.6 Å². The van der Waals surface area contributed by atoms with Gasteiger partial charge in [-0.25, -0.2) is 0 Å². The van der Waals surface area contributed by atoms with Crippen LogP contribution in [0, 0.1) is 0 Å². The highest BCUT2D eigenvalue weighted by Crippen LogP contribution is 2.17. The van der Waals surface area contributed by atoms with Crippen molar-refractivity contribution >= 4 is 34.8 Å². The number of rotatable bonds is 7. The molecular formula is C19H21ClN2O2. The lowest BCUT2D eigenvalue weighted by atomic mass is 10.1. The van der Waals surface area contributed by atoms with Crippen molar-refractivity contribution < 1.29 is 9.59 Å². The topological polar surface area (TPSA) is 58.2 Å². The summed E-state index contributed by atoms with van der Waals surface area (Å²) in [5.74, 6) is -0.282. The van der Waals surface area contributed by atoms with Gasteiger partial charge >= 0.3 is 0 Å². The predicted molar refractivity (Wildman–Crippen MR) is 98.6 cm³/mol. The van der Waals surface area contributed by atoms with E-state index in [4.69, 9.17) is 11.6 Å². The lowest BCUT2D eigenvalue weighted by Gasteiger charge is -2.09. The second kappa shape index (κ2) is 9.08. The van der Waals surface area contributed by atoms with Gasteiger partial charge in [-0.3, -0.25) is 9.59 Å². The lowest BCUT2D eigenvalue weighted by Crippen LogP contribution is -2.14. The molecule has 0 spiro atoms. The molecule has 0 aromatic heterocycles. The molecule has 2 N–H and O–H groups in total. The molecule has 4 nitrogen and oxygen atoms in total. The average Bonchev–Trinajstić information content (AvgIpc) is 2.55. The van der Waals surface area contributed by atoms with Gasteiger partial charge < -0.3 is 10.6 Å². The molecule has 0 bridgehead atoms. The summed E-state index contributed by atoms with van der Waals surface area (Å²) >= 11 is 5.91. The fourth-order valence-corrected chi connectivity index (χ4v) is 2.46. The maximum atomic E-state index is 12.3. The first-order chi connectivity index (χ1) is 11.6. The van der Waals surface area contributed by atoms with E-state index in [1.807, 2.05) is 0 Å². The Bertz CT molecular complexity index is 716. The summed E-state index contributed by atoms with van der Waals surface area (Å²) in [4.78, 5) is 24.2. The van der Waals surface area contributed by atoms with Crippen molar-refractivity contribution in [3.8, 4) is 0 Å². The fourth-order valence-electron chi connectivity index (χ4n) is 2.27. The first kappa shape index (κ1) is 18.0. The van der Waals surface area contributed by atoms with Gasteiger partial charge in [0.15, 0.2) is 0 Å². The van der Waals surface area contributed by atoms with Crippen LogP contribution in [-0.2, 0) is 4.79 Å². The maximum absolute atomic E-state index is 12.3. The number of nitrogens with one attached hydrogen (secondary N) is 2. The van der Waals surface area contributed by atoms with Crippen LogP contribution in [-0.4, -0.2) is 11.8 Å².